The van der Waals surface area contributed by atoms with Gasteiger partial charge in [0, 0.05) is 13.1 Å². The van der Waals surface area contributed by atoms with Crippen LogP contribution in [-0.4, -0.2) is 34.3 Å². The summed E-state index contributed by atoms with van der Waals surface area (Å²) in [6.45, 7) is 6.62. The number of carbonyl (C=O) groups is 2. The van der Waals surface area contributed by atoms with Crippen LogP contribution in [0.1, 0.15) is 37.5 Å². The Bertz CT molecular complexity index is 578. The van der Waals surface area contributed by atoms with E-state index in [1.165, 1.54) is 5.56 Å². The number of hydroxylamine groups is 1. The van der Waals surface area contributed by atoms with E-state index < -0.39 is 11.5 Å². The molecule has 2 amide bonds. The van der Waals surface area contributed by atoms with E-state index in [-0.39, 0.29) is 12.5 Å². The lowest BCUT2D eigenvalue weighted by molar-refractivity contribution is -0.128. The number of carbonyl (C=O) groups excluding carboxylic acids is 2. The van der Waals surface area contributed by atoms with Crippen molar-refractivity contribution in [3.8, 4) is 0 Å². The molecule has 22 heavy (non-hydrogen) atoms. The van der Waals surface area contributed by atoms with Gasteiger partial charge in [-0.1, -0.05) is 18.2 Å². The maximum absolute atomic E-state index is 12.1. The molecule has 1 aliphatic rings. The molecule has 6 heteroatoms. The fourth-order valence-electron chi connectivity index (χ4n) is 2.43. The minimum absolute atomic E-state index is 0.107. The van der Waals surface area contributed by atoms with Crippen LogP contribution in [0.5, 0.6) is 0 Å². The van der Waals surface area contributed by atoms with E-state index >= 15 is 0 Å². The number of rotatable bonds is 2. The van der Waals surface area contributed by atoms with Gasteiger partial charge in [-0.25, -0.2) is 10.3 Å². The highest BCUT2D eigenvalue weighted by Crippen LogP contribution is 2.22. The van der Waals surface area contributed by atoms with Gasteiger partial charge in [-0.05, 0) is 43.9 Å². The fourth-order valence-corrected chi connectivity index (χ4v) is 2.43. The first-order valence-electron chi connectivity index (χ1n) is 7.30. The molecule has 1 aliphatic heterocycles. The largest absolute Gasteiger partial charge is 0.444 e. The second-order valence-electron chi connectivity index (χ2n) is 6.47. The van der Waals surface area contributed by atoms with Crippen LogP contribution in [-0.2, 0) is 28.9 Å². The molecule has 0 fully saturated rings. The topological polar surface area (TPSA) is 78.9 Å². The fraction of sp³-hybridized carbons (Fsp3) is 0.500. The average molecular weight is 306 g/mol. The molecule has 0 unspecified atom stereocenters. The quantitative estimate of drug-likeness (QED) is 0.647. The van der Waals surface area contributed by atoms with Gasteiger partial charge in [0.25, 0.3) is 0 Å². The first-order chi connectivity index (χ1) is 10.3. The number of benzene rings is 1. The first-order valence-corrected chi connectivity index (χ1v) is 7.30. The lowest BCUT2D eigenvalue weighted by Gasteiger charge is -2.31. The second-order valence-corrected chi connectivity index (χ2v) is 6.47. The van der Waals surface area contributed by atoms with Gasteiger partial charge in [-0.15, -0.1) is 0 Å². The number of fused-ring (bicyclic) bond motifs is 1. The van der Waals surface area contributed by atoms with Crippen LogP contribution >= 0.6 is 0 Å². The predicted molar refractivity (Wildman–Crippen MR) is 80.4 cm³/mol. The zero-order valence-corrected chi connectivity index (χ0v) is 13.2. The van der Waals surface area contributed by atoms with E-state index in [1.54, 1.807) is 10.4 Å². The molecule has 1 heterocycles. The molecule has 0 saturated carbocycles. The van der Waals surface area contributed by atoms with Crippen molar-refractivity contribution in [1.82, 2.24) is 10.4 Å². The summed E-state index contributed by atoms with van der Waals surface area (Å²) in [6, 6.07) is 5.75. The van der Waals surface area contributed by atoms with Crippen LogP contribution < -0.4 is 5.48 Å². The lowest BCUT2D eigenvalue weighted by atomic mass is 9.96. The van der Waals surface area contributed by atoms with Gasteiger partial charge < -0.3 is 9.64 Å². The predicted octanol–water partition coefficient (Wildman–Crippen LogP) is 2.03. The number of nitrogens with zero attached hydrogens (tertiary/aromatic N) is 1. The average Bonchev–Trinajstić information content (AvgIpc) is 2.44. The molecule has 0 atom stereocenters. The van der Waals surface area contributed by atoms with E-state index in [4.69, 9.17) is 9.94 Å². The number of nitrogens with one attached hydrogen (secondary N) is 1. The van der Waals surface area contributed by atoms with Crippen LogP contribution in [0.3, 0.4) is 0 Å². The molecule has 0 saturated heterocycles. The van der Waals surface area contributed by atoms with Gasteiger partial charge in [-0.3, -0.25) is 10.0 Å². The molecule has 0 radical (unpaired) electrons. The summed E-state index contributed by atoms with van der Waals surface area (Å²) >= 11 is 0. The van der Waals surface area contributed by atoms with Crippen molar-refractivity contribution in [2.75, 3.05) is 6.54 Å². The summed E-state index contributed by atoms with van der Waals surface area (Å²) in [5, 5.41) is 8.59. The Hall–Kier alpha value is -2.08. The van der Waals surface area contributed by atoms with Crippen LogP contribution in [0.4, 0.5) is 4.79 Å². The van der Waals surface area contributed by atoms with Crippen molar-refractivity contribution >= 4 is 12.0 Å². The van der Waals surface area contributed by atoms with Crippen molar-refractivity contribution in [3.05, 3.63) is 34.9 Å². The van der Waals surface area contributed by atoms with Crippen molar-refractivity contribution in [3.63, 3.8) is 0 Å². The lowest BCUT2D eigenvalue weighted by Crippen LogP contribution is -2.39. The molecule has 2 N–H and O–H groups in total. The van der Waals surface area contributed by atoms with Gasteiger partial charge in [0.15, 0.2) is 0 Å². The molecule has 0 bridgehead atoms. The minimum Gasteiger partial charge on any atom is -0.444 e. The van der Waals surface area contributed by atoms with Gasteiger partial charge in [0.1, 0.15) is 5.60 Å². The van der Waals surface area contributed by atoms with Crippen LogP contribution in [0.15, 0.2) is 18.2 Å². The molecule has 0 spiro atoms. The third-order valence-corrected chi connectivity index (χ3v) is 3.42. The maximum Gasteiger partial charge on any atom is 0.410 e. The van der Waals surface area contributed by atoms with E-state index in [9.17, 15) is 9.59 Å². The van der Waals surface area contributed by atoms with Crippen LogP contribution in [0.2, 0.25) is 0 Å². The smallest absolute Gasteiger partial charge is 0.410 e. The summed E-state index contributed by atoms with van der Waals surface area (Å²) < 4.78 is 5.39. The number of ether oxygens (including phenoxy) is 1. The van der Waals surface area contributed by atoms with Crippen LogP contribution in [0, 0.1) is 0 Å². The highest BCUT2D eigenvalue weighted by molar-refractivity contribution is 5.77. The van der Waals surface area contributed by atoms with Crippen molar-refractivity contribution in [1.29, 1.82) is 0 Å². The highest BCUT2D eigenvalue weighted by atomic mass is 16.6. The molecule has 120 valence electrons. The second kappa shape index (κ2) is 6.36. The molecule has 0 aliphatic carbocycles. The zero-order chi connectivity index (χ0) is 16.3. The summed E-state index contributed by atoms with van der Waals surface area (Å²) in [5.41, 5.74) is 4.10. The molecule has 6 nitrogen and oxygen atoms in total. The Morgan fingerprint density at radius 3 is 2.68 bits per heavy atom. The highest BCUT2D eigenvalue weighted by Gasteiger charge is 2.25. The normalized spacial score (nSPS) is 14.3. The maximum atomic E-state index is 12.1. The molecular formula is C16H22N2O4. The summed E-state index contributed by atoms with van der Waals surface area (Å²) in [5.74, 6) is -0.459. The Kier molecular flexibility index (Phi) is 4.71. The van der Waals surface area contributed by atoms with Crippen molar-refractivity contribution < 1.29 is 19.5 Å². The summed E-state index contributed by atoms with van der Waals surface area (Å²) in [6.07, 6.45) is 0.550. The third kappa shape index (κ3) is 4.21. The number of amides is 2. The minimum atomic E-state index is -0.515. The Morgan fingerprint density at radius 2 is 2.05 bits per heavy atom. The summed E-state index contributed by atoms with van der Waals surface area (Å²) in [7, 11) is 0. The standard InChI is InChI=1S/C16H22N2O4/c1-16(2,3)22-15(20)18-7-6-12-5-4-11(8-13(12)10-18)9-14(19)17-21/h4-5,8,21H,6-7,9-10H2,1-3H3,(H,17,19). The van der Waals surface area contributed by atoms with E-state index in [2.05, 4.69) is 0 Å². The third-order valence-electron chi connectivity index (χ3n) is 3.42. The first kappa shape index (κ1) is 16.3. The Labute approximate surface area is 130 Å². The molecular weight excluding hydrogens is 284 g/mol. The monoisotopic (exact) mass is 306 g/mol. The molecule has 0 aromatic heterocycles. The SMILES string of the molecule is CC(C)(C)OC(=O)N1CCc2ccc(CC(=O)NO)cc2C1. The Morgan fingerprint density at radius 1 is 1.32 bits per heavy atom. The van der Waals surface area contributed by atoms with Gasteiger partial charge in [0.2, 0.25) is 5.91 Å². The van der Waals surface area contributed by atoms with E-state index in [0.29, 0.717) is 13.1 Å². The van der Waals surface area contributed by atoms with Gasteiger partial charge >= 0.3 is 6.09 Å². The van der Waals surface area contributed by atoms with E-state index in [1.807, 2.05) is 39.0 Å². The summed E-state index contributed by atoms with van der Waals surface area (Å²) in [4.78, 5) is 25.0. The Balaban J connectivity index is 2.09. The molecule has 1 aromatic carbocycles. The van der Waals surface area contributed by atoms with E-state index in [0.717, 1.165) is 17.5 Å². The van der Waals surface area contributed by atoms with Gasteiger partial charge in [0.05, 0.1) is 6.42 Å². The number of hydrogen-bond acceptors (Lipinski definition) is 4. The van der Waals surface area contributed by atoms with Gasteiger partial charge in [-0.2, -0.15) is 0 Å². The van der Waals surface area contributed by atoms with Crippen molar-refractivity contribution in [2.45, 2.75) is 45.8 Å². The zero-order valence-electron chi connectivity index (χ0n) is 13.2. The molecule has 1 aromatic rings. The molecule has 2 rings (SSSR count). The van der Waals surface area contributed by atoms with Crippen LogP contribution in [0.25, 0.3) is 0 Å². The van der Waals surface area contributed by atoms with Crippen molar-refractivity contribution in [2.24, 2.45) is 0 Å². The number of hydrogen-bond donors (Lipinski definition) is 2.